The first-order chi connectivity index (χ1) is 8.09. The van der Waals surface area contributed by atoms with Crippen LogP contribution < -0.4 is 4.90 Å². The minimum atomic E-state index is -0.0453. The van der Waals surface area contributed by atoms with Crippen LogP contribution in [-0.4, -0.2) is 38.0 Å². The highest BCUT2D eigenvalue weighted by Gasteiger charge is 2.17. The summed E-state index contributed by atoms with van der Waals surface area (Å²) in [7, 11) is 3.47. The van der Waals surface area contributed by atoms with Gasteiger partial charge in [-0.05, 0) is 31.0 Å². The number of nitrogens with zero attached hydrogens (tertiary/aromatic N) is 2. The third-order valence-corrected chi connectivity index (χ3v) is 3.39. The number of rotatable bonds is 2. The van der Waals surface area contributed by atoms with E-state index in [2.05, 4.69) is 4.90 Å². The topological polar surface area (TPSA) is 23.6 Å². The molecule has 1 amide bonds. The fourth-order valence-corrected chi connectivity index (χ4v) is 2.29. The van der Waals surface area contributed by atoms with Crippen LogP contribution >= 0.6 is 11.6 Å². The van der Waals surface area contributed by atoms with E-state index in [-0.39, 0.29) is 5.91 Å². The SMILES string of the molecule is CN(C)C(=O)c1cc(N2CCCC2)ccc1Cl. The summed E-state index contributed by atoms with van der Waals surface area (Å²) in [5.74, 6) is -0.0453. The molecule has 1 aliphatic heterocycles. The van der Waals surface area contributed by atoms with E-state index in [4.69, 9.17) is 11.6 Å². The number of amides is 1. The van der Waals surface area contributed by atoms with Crippen molar-refractivity contribution in [2.45, 2.75) is 12.8 Å². The molecule has 17 heavy (non-hydrogen) atoms. The van der Waals surface area contributed by atoms with E-state index in [1.807, 2.05) is 18.2 Å². The van der Waals surface area contributed by atoms with Crippen LogP contribution in [0.1, 0.15) is 23.2 Å². The fourth-order valence-electron chi connectivity index (χ4n) is 2.09. The standard InChI is InChI=1S/C13H17ClN2O/c1-15(2)13(17)11-9-10(5-6-12(11)14)16-7-3-4-8-16/h5-6,9H,3-4,7-8H2,1-2H3. The highest BCUT2D eigenvalue weighted by molar-refractivity contribution is 6.34. The molecule has 0 N–H and O–H groups in total. The molecule has 1 aromatic rings. The van der Waals surface area contributed by atoms with Crippen molar-refractivity contribution in [3.63, 3.8) is 0 Å². The van der Waals surface area contributed by atoms with Crippen LogP contribution in [0.2, 0.25) is 5.02 Å². The van der Waals surface area contributed by atoms with Gasteiger partial charge in [0.25, 0.3) is 5.91 Å². The summed E-state index contributed by atoms with van der Waals surface area (Å²) in [5, 5.41) is 0.520. The van der Waals surface area contributed by atoms with Crippen molar-refractivity contribution in [1.82, 2.24) is 4.90 Å². The Morgan fingerprint density at radius 1 is 1.29 bits per heavy atom. The summed E-state index contributed by atoms with van der Waals surface area (Å²) in [6.07, 6.45) is 2.44. The molecule has 4 heteroatoms. The minimum absolute atomic E-state index is 0.0453. The van der Waals surface area contributed by atoms with Gasteiger partial charge in [-0.2, -0.15) is 0 Å². The molecule has 1 saturated heterocycles. The molecule has 0 aromatic heterocycles. The van der Waals surface area contributed by atoms with E-state index in [1.54, 1.807) is 19.0 Å². The third-order valence-electron chi connectivity index (χ3n) is 3.06. The zero-order chi connectivity index (χ0) is 12.4. The van der Waals surface area contributed by atoms with Crippen LogP contribution in [0.4, 0.5) is 5.69 Å². The van der Waals surface area contributed by atoms with Crippen LogP contribution in [0.3, 0.4) is 0 Å². The second-order valence-corrected chi connectivity index (χ2v) is 4.97. The lowest BCUT2D eigenvalue weighted by molar-refractivity contribution is 0.0828. The molecule has 3 nitrogen and oxygen atoms in total. The van der Waals surface area contributed by atoms with Gasteiger partial charge in [-0.15, -0.1) is 0 Å². The van der Waals surface area contributed by atoms with Crippen molar-refractivity contribution in [2.24, 2.45) is 0 Å². The number of benzene rings is 1. The molecular formula is C13H17ClN2O. The molecule has 0 spiro atoms. The molecule has 92 valence electrons. The molecule has 2 rings (SSSR count). The van der Waals surface area contributed by atoms with Gasteiger partial charge in [-0.3, -0.25) is 4.79 Å². The van der Waals surface area contributed by atoms with Crippen molar-refractivity contribution < 1.29 is 4.79 Å². The first-order valence-electron chi connectivity index (χ1n) is 5.86. The molecule has 1 aromatic carbocycles. The van der Waals surface area contributed by atoms with Gasteiger partial charge >= 0.3 is 0 Å². The maximum Gasteiger partial charge on any atom is 0.254 e. The first kappa shape index (κ1) is 12.2. The lowest BCUT2D eigenvalue weighted by Gasteiger charge is -2.19. The van der Waals surface area contributed by atoms with Crippen molar-refractivity contribution in [2.75, 3.05) is 32.1 Å². The van der Waals surface area contributed by atoms with E-state index < -0.39 is 0 Å². The van der Waals surface area contributed by atoms with Crippen LogP contribution in [-0.2, 0) is 0 Å². The van der Waals surface area contributed by atoms with Crippen molar-refractivity contribution in [3.8, 4) is 0 Å². The fraction of sp³-hybridized carbons (Fsp3) is 0.462. The summed E-state index contributed by atoms with van der Waals surface area (Å²) in [4.78, 5) is 15.8. The third kappa shape index (κ3) is 2.55. The zero-order valence-corrected chi connectivity index (χ0v) is 11.0. The van der Waals surface area contributed by atoms with Crippen LogP contribution in [0.25, 0.3) is 0 Å². The second-order valence-electron chi connectivity index (χ2n) is 4.56. The Morgan fingerprint density at radius 2 is 1.94 bits per heavy atom. The number of anilines is 1. The van der Waals surface area contributed by atoms with Crippen molar-refractivity contribution in [1.29, 1.82) is 0 Å². The normalized spacial score (nSPS) is 15.1. The van der Waals surface area contributed by atoms with Crippen molar-refractivity contribution in [3.05, 3.63) is 28.8 Å². The quantitative estimate of drug-likeness (QED) is 0.808. The molecule has 0 unspecified atom stereocenters. The summed E-state index contributed by atoms with van der Waals surface area (Å²) >= 11 is 6.08. The monoisotopic (exact) mass is 252 g/mol. The Morgan fingerprint density at radius 3 is 2.53 bits per heavy atom. The molecule has 1 heterocycles. The first-order valence-corrected chi connectivity index (χ1v) is 6.23. The number of carbonyl (C=O) groups excluding carboxylic acids is 1. The smallest absolute Gasteiger partial charge is 0.254 e. The maximum absolute atomic E-state index is 12.0. The van der Waals surface area contributed by atoms with Crippen LogP contribution in [0, 0.1) is 0 Å². The van der Waals surface area contributed by atoms with E-state index in [1.165, 1.54) is 12.8 Å². The zero-order valence-electron chi connectivity index (χ0n) is 10.2. The lowest BCUT2D eigenvalue weighted by atomic mass is 10.1. The second kappa shape index (κ2) is 4.96. The molecule has 0 radical (unpaired) electrons. The molecule has 0 bridgehead atoms. The van der Waals surface area contributed by atoms with Gasteiger partial charge in [0.2, 0.25) is 0 Å². The largest absolute Gasteiger partial charge is 0.372 e. The predicted octanol–water partition coefficient (Wildman–Crippen LogP) is 2.64. The average Bonchev–Trinajstić information content (AvgIpc) is 2.82. The van der Waals surface area contributed by atoms with Crippen LogP contribution in [0.5, 0.6) is 0 Å². The Balaban J connectivity index is 2.31. The molecule has 1 aliphatic rings. The van der Waals surface area contributed by atoms with E-state index in [0.717, 1.165) is 18.8 Å². The van der Waals surface area contributed by atoms with E-state index >= 15 is 0 Å². The summed E-state index contributed by atoms with van der Waals surface area (Å²) < 4.78 is 0. The molecule has 0 atom stereocenters. The Labute approximate surface area is 107 Å². The van der Waals surface area contributed by atoms with Gasteiger partial charge in [0.15, 0.2) is 0 Å². The van der Waals surface area contributed by atoms with Crippen molar-refractivity contribution >= 4 is 23.2 Å². The van der Waals surface area contributed by atoms with Gasteiger partial charge in [0.1, 0.15) is 0 Å². The summed E-state index contributed by atoms with van der Waals surface area (Å²) in [6.45, 7) is 2.13. The Bertz CT molecular complexity index is 425. The predicted molar refractivity (Wildman–Crippen MR) is 70.9 cm³/mol. The maximum atomic E-state index is 12.0. The van der Waals surface area contributed by atoms with E-state index in [9.17, 15) is 4.79 Å². The molecule has 0 aliphatic carbocycles. The van der Waals surface area contributed by atoms with Gasteiger partial charge in [-0.25, -0.2) is 0 Å². The molecule has 0 saturated carbocycles. The molecular weight excluding hydrogens is 236 g/mol. The Hall–Kier alpha value is -1.22. The van der Waals surface area contributed by atoms with Crippen LogP contribution in [0.15, 0.2) is 18.2 Å². The highest BCUT2D eigenvalue weighted by atomic mass is 35.5. The Kier molecular flexibility index (Phi) is 3.57. The number of hydrogen-bond acceptors (Lipinski definition) is 2. The summed E-state index contributed by atoms with van der Waals surface area (Å²) in [6, 6.07) is 5.70. The summed E-state index contributed by atoms with van der Waals surface area (Å²) in [5.41, 5.74) is 1.68. The van der Waals surface area contributed by atoms with Gasteiger partial charge in [0, 0.05) is 32.9 Å². The molecule has 1 fully saturated rings. The van der Waals surface area contributed by atoms with Gasteiger partial charge in [0.05, 0.1) is 10.6 Å². The van der Waals surface area contributed by atoms with E-state index in [0.29, 0.717) is 10.6 Å². The highest BCUT2D eigenvalue weighted by Crippen LogP contribution is 2.26. The minimum Gasteiger partial charge on any atom is -0.372 e. The number of halogens is 1. The number of carbonyl (C=O) groups is 1. The average molecular weight is 253 g/mol. The lowest BCUT2D eigenvalue weighted by Crippen LogP contribution is -2.23. The number of hydrogen-bond donors (Lipinski definition) is 0. The van der Waals surface area contributed by atoms with Gasteiger partial charge in [-0.1, -0.05) is 11.6 Å². The van der Waals surface area contributed by atoms with Gasteiger partial charge < -0.3 is 9.80 Å².